The Labute approximate surface area is 192 Å². The molecule has 0 aliphatic heterocycles. The summed E-state index contributed by atoms with van der Waals surface area (Å²) in [7, 11) is 0. The molecule has 0 radical (unpaired) electrons. The van der Waals surface area contributed by atoms with Gasteiger partial charge in [0.05, 0.1) is 11.1 Å². The smallest absolute Gasteiger partial charge is 0.168 e. The van der Waals surface area contributed by atoms with E-state index in [4.69, 9.17) is 0 Å². The van der Waals surface area contributed by atoms with Crippen LogP contribution in [0.3, 0.4) is 0 Å². The van der Waals surface area contributed by atoms with Crippen molar-refractivity contribution in [2.45, 2.75) is 104 Å². The fraction of sp³-hybridized carbons (Fsp3) is 0.692. The minimum atomic E-state index is 0.0271. The van der Waals surface area contributed by atoms with E-state index in [9.17, 15) is 19.8 Å². The molecule has 0 aromatic carbocycles. The van der Waals surface area contributed by atoms with E-state index in [0.717, 1.165) is 75.6 Å². The zero-order valence-electron chi connectivity index (χ0n) is 19.9. The van der Waals surface area contributed by atoms with Gasteiger partial charge in [-0.25, -0.2) is 0 Å². The van der Waals surface area contributed by atoms with Crippen LogP contribution in [0.4, 0.5) is 0 Å². The first-order valence-corrected chi connectivity index (χ1v) is 12.5. The van der Waals surface area contributed by atoms with Gasteiger partial charge in [0, 0.05) is 50.2 Å². The van der Waals surface area contributed by atoms with Gasteiger partial charge in [-0.15, -0.1) is 0 Å². The number of Topliss-reactive ketones (excluding diaryl/α,β-unsaturated/α-hetero) is 2. The molecule has 0 bridgehead atoms. The molecule has 0 aromatic rings. The summed E-state index contributed by atoms with van der Waals surface area (Å²) in [6.45, 7) is 5.45. The minimum absolute atomic E-state index is 0.0271. The van der Waals surface area contributed by atoms with Crippen LogP contribution in [0.25, 0.3) is 0 Å². The van der Waals surface area contributed by atoms with Gasteiger partial charge in [0.2, 0.25) is 0 Å². The molecule has 2 rings (SSSR count). The van der Waals surface area contributed by atoms with E-state index in [1.54, 1.807) is 0 Å². The third-order valence-electron chi connectivity index (χ3n) is 5.99. The largest absolute Gasteiger partial charge is 0.511 e. The Hall–Kier alpha value is -2.24. The van der Waals surface area contributed by atoms with Crippen molar-refractivity contribution in [1.29, 1.82) is 0 Å². The summed E-state index contributed by atoms with van der Waals surface area (Å²) in [4.78, 5) is 33.8. The number of allylic oxidation sites excluding steroid dienone is 4. The maximum absolute atomic E-state index is 12.2. The molecule has 2 aliphatic carbocycles. The highest BCUT2D eigenvalue weighted by Gasteiger charge is 2.25. The molecule has 2 aliphatic rings. The van der Waals surface area contributed by atoms with Crippen LogP contribution in [0.1, 0.15) is 104 Å². The Morgan fingerprint density at radius 1 is 0.688 bits per heavy atom. The number of nitrogens with zero attached hydrogens (tertiary/aromatic N) is 2. The second-order valence-electron chi connectivity index (χ2n) is 8.77. The molecule has 32 heavy (non-hydrogen) atoms. The summed E-state index contributed by atoms with van der Waals surface area (Å²) >= 11 is 0. The van der Waals surface area contributed by atoms with Crippen molar-refractivity contribution >= 4 is 23.0 Å². The summed E-state index contributed by atoms with van der Waals surface area (Å²) in [5, 5.41) is 20.3. The zero-order chi connectivity index (χ0) is 23.3. The lowest BCUT2D eigenvalue weighted by atomic mass is 9.91. The molecule has 0 spiro atoms. The number of aliphatic hydroxyl groups excluding tert-OH is 2. The number of hydrogen-bond acceptors (Lipinski definition) is 6. The van der Waals surface area contributed by atoms with E-state index >= 15 is 0 Å². The fourth-order valence-electron chi connectivity index (χ4n) is 4.35. The lowest BCUT2D eigenvalue weighted by Gasteiger charge is -2.17. The molecule has 6 heteroatoms. The zero-order valence-corrected chi connectivity index (χ0v) is 19.9. The number of aliphatic hydroxyl groups is 2. The third-order valence-corrected chi connectivity index (χ3v) is 5.99. The number of aliphatic imine (C=N–C) groups is 2. The fourth-order valence-corrected chi connectivity index (χ4v) is 4.35. The van der Waals surface area contributed by atoms with Crippen LogP contribution in [-0.4, -0.2) is 46.3 Å². The van der Waals surface area contributed by atoms with Crippen molar-refractivity contribution in [2.24, 2.45) is 9.98 Å². The second kappa shape index (κ2) is 14.0. The topological polar surface area (TPSA) is 99.3 Å². The van der Waals surface area contributed by atoms with Crippen LogP contribution >= 0.6 is 0 Å². The summed E-state index contributed by atoms with van der Waals surface area (Å²) < 4.78 is 0. The predicted molar refractivity (Wildman–Crippen MR) is 130 cm³/mol. The van der Waals surface area contributed by atoms with Crippen LogP contribution in [0.5, 0.6) is 0 Å². The summed E-state index contributed by atoms with van der Waals surface area (Å²) in [6.07, 6.45) is 10.8. The van der Waals surface area contributed by atoms with Gasteiger partial charge < -0.3 is 10.2 Å². The average Bonchev–Trinajstić information content (AvgIpc) is 2.75. The minimum Gasteiger partial charge on any atom is -0.511 e. The molecule has 0 saturated carbocycles. The molecular formula is C26H40N2O4. The van der Waals surface area contributed by atoms with Gasteiger partial charge in [-0.1, -0.05) is 39.5 Å². The van der Waals surface area contributed by atoms with Crippen LogP contribution in [0.15, 0.2) is 32.6 Å². The Bertz CT molecular complexity index is 724. The maximum atomic E-state index is 12.2. The van der Waals surface area contributed by atoms with Gasteiger partial charge in [-0.05, 0) is 38.5 Å². The highest BCUT2D eigenvalue weighted by molar-refractivity contribution is 6.23. The first kappa shape index (κ1) is 26.0. The Kier molecular flexibility index (Phi) is 11.4. The number of unbranched alkanes of at least 4 members (excludes halogenated alkanes) is 3. The van der Waals surface area contributed by atoms with Gasteiger partial charge in [0.15, 0.2) is 11.6 Å². The van der Waals surface area contributed by atoms with E-state index < -0.39 is 0 Å². The molecule has 178 valence electrons. The molecule has 0 amide bonds. The quantitative estimate of drug-likeness (QED) is 0.262. The molecule has 0 saturated heterocycles. The molecule has 2 N–H and O–H groups in total. The Balaban J connectivity index is 1.81. The number of carbonyl (C=O) groups is 2. The van der Waals surface area contributed by atoms with Crippen molar-refractivity contribution in [1.82, 2.24) is 0 Å². The van der Waals surface area contributed by atoms with Crippen molar-refractivity contribution in [3.05, 3.63) is 22.7 Å². The van der Waals surface area contributed by atoms with Gasteiger partial charge in [0.25, 0.3) is 0 Å². The number of hydrogen-bond donors (Lipinski definition) is 2. The monoisotopic (exact) mass is 444 g/mol. The molecule has 0 aromatic heterocycles. The third kappa shape index (κ3) is 7.72. The van der Waals surface area contributed by atoms with Gasteiger partial charge in [0.1, 0.15) is 11.5 Å². The molecule has 0 unspecified atom stereocenters. The number of carbonyl (C=O) groups excluding carboxylic acids is 2. The summed E-state index contributed by atoms with van der Waals surface area (Å²) in [6, 6.07) is 0. The number of rotatable bonds is 13. The Morgan fingerprint density at radius 2 is 1.09 bits per heavy atom. The molecule has 0 heterocycles. The average molecular weight is 445 g/mol. The van der Waals surface area contributed by atoms with Crippen LogP contribution in [-0.2, 0) is 9.59 Å². The van der Waals surface area contributed by atoms with Crippen LogP contribution < -0.4 is 0 Å². The van der Waals surface area contributed by atoms with Crippen molar-refractivity contribution in [3.8, 4) is 0 Å². The lowest BCUT2D eigenvalue weighted by Crippen LogP contribution is -2.20. The second-order valence-corrected chi connectivity index (χ2v) is 8.77. The summed E-state index contributed by atoms with van der Waals surface area (Å²) in [5.74, 6) is 0.483. The van der Waals surface area contributed by atoms with E-state index in [0.29, 0.717) is 49.9 Å². The van der Waals surface area contributed by atoms with Crippen molar-refractivity contribution in [3.63, 3.8) is 0 Å². The highest BCUT2D eigenvalue weighted by Crippen LogP contribution is 2.24. The van der Waals surface area contributed by atoms with Crippen molar-refractivity contribution < 1.29 is 19.8 Å². The van der Waals surface area contributed by atoms with E-state index in [1.807, 2.05) is 0 Å². The lowest BCUT2D eigenvalue weighted by molar-refractivity contribution is -0.116. The van der Waals surface area contributed by atoms with Crippen LogP contribution in [0, 0.1) is 0 Å². The van der Waals surface area contributed by atoms with Gasteiger partial charge in [-0.2, -0.15) is 0 Å². The van der Waals surface area contributed by atoms with Gasteiger partial charge in [-0.3, -0.25) is 19.6 Å². The molecule has 0 fully saturated rings. The molecule has 6 nitrogen and oxygen atoms in total. The van der Waals surface area contributed by atoms with Crippen molar-refractivity contribution in [2.75, 3.05) is 13.1 Å². The van der Waals surface area contributed by atoms with E-state index in [1.165, 1.54) is 0 Å². The van der Waals surface area contributed by atoms with E-state index in [-0.39, 0.29) is 23.1 Å². The maximum Gasteiger partial charge on any atom is 0.168 e. The van der Waals surface area contributed by atoms with E-state index in [2.05, 4.69) is 23.8 Å². The predicted octanol–water partition coefficient (Wildman–Crippen LogP) is 6.16. The first-order valence-electron chi connectivity index (χ1n) is 12.5. The van der Waals surface area contributed by atoms with Crippen LogP contribution in [0.2, 0.25) is 0 Å². The highest BCUT2D eigenvalue weighted by atomic mass is 16.3. The molecular weight excluding hydrogens is 404 g/mol. The molecule has 0 atom stereocenters. The Morgan fingerprint density at radius 3 is 1.44 bits per heavy atom. The SMILES string of the molecule is CCCC(=NCCCCCCN=C(CCC)C1=C(O)CCCC1=O)C1=C(O)CCCC1=O. The summed E-state index contributed by atoms with van der Waals surface area (Å²) in [5.41, 5.74) is 2.50. The number of ketones is 2. The normalized spacial score (nSPS) is 18.7. The van der Waals surface area contributed by atoms with Gasteiger partial charge >= 0.3 is 0 Å². The first-order chi connectivity index (χ1) is 15.5. The standard InChI is InChI=1S/C26H40N2O4/c1-3-11-19(25-21(29)13-9-14-22(25)30)27-17-7-5-6-8-18-28-20(12-4-2)26-23(31)15-10-16-24(26)32/h29,31H,3-18H2,1-2H3.